The Morgan fingerprint density at radius 1 is 1.07 bits per heavy atom. The first-order chi connectivity index (χ1) is 13.1. The number of esters is 1. The van der Waals surface area contributed by atoms with Crippen molar-refractivity contribution in [3.05, 3.63) is 59.8 Å². The zero-order chi connectivity index (χ0) is 18.5. The van der Waals surface area contributed by atoms with Crippen molar-refractivity contribution < 1.29 is 9.53 Å². The Labute approximate surface area is 159 Å². The van der Waals surface area contributed by atoms with Crippen LogP contribution in [0.4, 0.5) is 5.69 Å². The third kappa shape index (κ3) is 2.80. The molecule has 0 bridgehead atoms. The molecule has 0 N–H and O–H groups in total. The second-order valence-electron chi connectivity index (χ2n) is 7.88. The molecule has 0 spiro atoms. The van der Waals surface area contributed by atoms with E-state index in [2.05, 4.69) is 65.1 Å². The summed E-state index contributed by atoms with van der Waals surface area (Å²) in [7, 11) is 1.46. The van der Waals surface area contributed by atoms with Crippen LogP contribution < -0.4 is 4.90 Å². The monoisotopic (exact) mass is 360 g/mol. The van der Waals surface area contributed by atoms with Gasteiger partial charge in [-0.3, -0.25) is 4.79 Å². The van der Waals surface area contributed by atoms with Crippen LogP contribution in [-0.2, 0) is 9.53 Å². The quantitative estimate of drug-likeness (QED) is 0.646. The maximum Gasteiger partial charge on any atom is 0.312 e. The van der Waals surface area contributed by atoms with Crippen molar-refractivity contribution in [2.75, 3.05) is 25.1 Å². The average molecular weight is 360 g/mol. The van der Waals surface area contributed by atoms with Gasteiger partial charge in [0.25, 0.3) is 0 Å². The topological polar surface area (TPSA) is 34.5 Å². The van der Waals surface area contributed by atoms with E-state index in [1.54, 1.807) is 0 Å². The molecule has 4 nitrogen and oxygen atoms in total. The average Bonchev–Trinajstić information content (AvgIpc) is 3.45. The number of aryl methyl sites for hydroxylation is 1. The molecule has 4 heteroatoms. The Kier molecular flexibility index (Phi) is 3.74. The van der Waals surface area contributed by atoms with E-state index in [1.165, 1.54) is 42.0 Å². The molecule has 2 aromatic carbocycles. The first kappa shape index (κ1) is 16.4. The van der Waals surface area contributed by atoms with Gasteiger partial charge in [0, 0.05) is 36.0 Å². The number of methoxy groups -OCH3 is 1. The standard InChI is InChI=1S/C23H24N2O2/c1-15-12-25(22-9-8-17(10-21(15)22)16-6-7-16)20-5-3-4-19(11-20)24-13-18(14-24)23(26)27-2/h3-5,8-12,16,18H,6-7,13-14H2,1-2H3. The summed E-state index contributed by atoms with van der Waals surface area (Å²) in [5.74, 6) is 0.657. The molecule has 1 aliphatic carbocycles. The van der Waals surface area contributed by atoms with Crippen molar-refractivity contribution in [1.82, 2.24) is 4.57 Å². The summed E-state index contributed by atoms with van der Waals surface area (Å²) in [5, 5.41) is 1.35. The fourth-order valence-corrected chi connectivity index (χ4v) is 4.14. The first-order valence-corrected chi connectivity index (χ1v) is 9.69. The summed E-state index contributed by atoms with van der Waals surface area (Å²) in [4.78, 5) is 13.9. The third-order valence-electron chi connectivity index (χ3n) is 5.97. The summed E-state index contributed by atoms with van der Waals surface area (Å²) in [6.07, 6.45) is 4.89. The number of carbonyl (C=O) groups is 1. The first-order valence-electron chi connectivity index (χ1n) is 9.69. The van der Waals surface area contributed by atoms with Crippen LogP contribution in [-0.4, -0.2) is 30.7 Å². The summed E-state index contributed by atoms with van der Waals surface area (Å²) < 4.78 is 7.12. The number of benzene rings is 2. The molecule has 2 aliphatic rings. The normalized spacial score (nSPS) is 17.2. The molecule has 1 aliphatic heterocycles. The molecule has 3 aromatic rings. The molecule has 2 fully saturated rings. The van der Waals surface area contributed by atoms with Crippen LogP contribution in [0.1, 0.15) is 29.9 Å². The van der Waals surface area contributed by atoms with Crippen LogP contribution in [0.25, 0.3) is 16.6 Å². The number of ether oxygens (including phenoxy) is 1. The predicted molar refractivity (Wildman–Crippen MR) is 108 cm³/mol. The van der Waals surface area contributed by atoms with Crippen LogP contribution >= 0.6 is 0 Å². The van der Waals surface area contributed by atoms with Crippen LogP contribution in [0.15, 0.2) is 48.7 Å². The van der Waals surface area contributed by atoms with Crippen molar-refractivity contribution in [3.8, 4) is 5.69 Å². The lowest BCUT2D eigenvalue weighted by Crippen LogP contribution is -2.50. The lowest BCUT2D eigenvalue weighted by atomic mass is 9.99. The molecule has 0 atom stereocenters. The van der Waals surface area contributed by atoms with Gasteiger partial charge in [0.1, 0.15) is 0 Å². The highest BCUT2D eigenvalue weighted by atomic mass is 16.5. The molecule has 0 unspecified atom stereocenters. The number of nitrogens with zero attached hydrogens (tertiary/aromatic N) is 2. The van der Waals surface area contributed by atoms with Gasteiger partial charge in [-0.05, 0) is 67.1 Å². The minimum absolute atomic E-state index is 0.00541. The van der Waals surface area contributed by atoms with Crippen molar-refractivity contribution in [2.24, 2.45) is 5.92 Å². The molecule has 0 radical (unpaired) electrons. The van der Waals surface area contributed by atoms with Crippen molar-refractivity contribution in [2.45, 2.75) is 25.7 Å². The Balaban J connectivity index is 1.46. The summed E-state index contributed by atoms with van der Waals surface area (Å²) >= 11 is 0. The molecule has 1 saturated carbocycles. The van der Waals surface area contributed by atoms with E-state index in [-0.39, 0.29) is 11.9 Å². The molecule has 2 heterocycles. The second kappa shape index (κ2) is 6.15. The van der Waals surface area contributed by atoms with Crippen molar-refractivity contribution in [1.29, 1.82) is 0 Å². The number of rotatable bonds is 4. The van der Waals surface area contributed by atoms with Crippen molar-refractivity contribution in [3.63, 3.8) is 0 Å². The van der Waals surface area contributed by atoms with E-state index in [4.69, 9.17) is 4.74 Å². The molecule has 5 rings (SSSR count). The smallest absolute Gasteiger partial charge is 0.312 e. The maximum absolute atomic E-state index is 11.6. The van der Waals surface area contributed by atoms with E-state index in [0.717, 1.165) is 30.4 Å². The van der Waals surface area contributed by atoms with E-state index < -0.39 is 0 Å². The molecule has 138 valence electrons. The highest BCUT2D eigenvalue weighted by molar-refractivity contribution is 5.86. The van der Waals surface area contributed by atoms with Gasteiger partial charge in [-0.2, -0.15) is 0 Å². The van der Waals surface area contributed by atoms with E-state index >= 15 is 0 Å². The fraction of sp³-hybridized carbons (Fsp3) is 0.348. The highest BCUT2D eigenvalue weighted by Gasteiger charge is 2.33. The second-order valence-corrected chi connectivity index (χ2v) is 7.88. The number of fused-ring (bicyclic) bond motifs is 1. The number of carbonyl (C=O) groups excluding carboxylic acids is 1. The van der Waals surface area contributed by atoms with Gasteiger partial charge in [0.05, 0.1) is 18.5 Å². The number of aromatic nitrogens is 1. The van der Waals surface area contributed by atoms with Crippen LogP contribution in [0.5, 0.6) is 0 Å². The summed E-state index contributed by atoms with van der Waals surface area (Å²) in [6.45, 7) is 3.65. The lowest BCUT2D eigenvalue weighted by Gasteiger charge is -2.39. The van der Waals surface area contributed by atoms with Crippen LogP contribution in [0.2, 0.25) is 0 Å². The fourth-order valence-electron chi connectivity index (χ4n) is 4.14. The molecule has 0 amide bonds. The zero-order valence-corrected chi connectivity index (χ0v) is 15.8. The Morgan fingerprint density at radius 2 is 1.85 bits per heavy atom. The van der Waals surface area contributed by atoms with Gasteiger partial charge in [-0.25, -0.2) is 0 Å². The van der Waals surface area contributed by atoms with Gasteiger partial charge in [-0.1, -0.05) is 12.1 Å². The highest BCUT2D eigenvalue weighted by Crippen LogP contribution is 2.41. The van der Waals surface area contributed by atoms with E-state index in [0.29, 0.717) is 0 Å². The third-order valence-corrected chi connectivity index (χ3v) is 5.97. The lowest BCUT2D eigenvalue weighted by molar-refractivity contribution is -0.146. The maximum atomic E-state index is 11.6. The van der Waals surface area contributed by atoms with E-state index in [1.807, 2.05) is 0 Å². The Morgan fingerprint density at radius 3 is 2.59 bits per heavy atom. The van der Waals surface area contributed by atoms with Gasteiger partial charge >= 0.3 is 5.97 Å². The largest absolute Gasteiger partial charge is 0.469 e. The van der Waals surface area contributed by atoms with Crippen LogP contribution in [0, 0.1) is 12.8 Å². The minimum Gasteiger partial charge on any atom is -0.469 e. The molecular formula is C23H24N2O2. The molecular weight excluding hydrogens is 336 g/mol. The van der Waals surface area contributed by atoms with Gasteiger partial charge in [0.15, 0.2) is 0 Å². The van der Waals surface area contributed by atoms with E-state index in [9.17, 15) is 4.79 Å². The Bertz CT molecular complexity index is 1030. The molecule has 1 aromatic heterocycles. The van der Waals surface area contributed by atoms with Gasteiger partial charge in [0.2, 0.25) is 0 Å². The molecule has 1 saturated heterocycles. The molecule has 27 heavy (non-hydrogen) atoms. The Hall–Kier alpha value is -2.75. The predicted octanol–water partition coefficient (Wildman–Crippen LogP) is 4.43. The SMILES string of the molecule is COC(=O)C1CN(c2cccc(-n3cc(C)c4cc(C5CC5)ccc43)c2)C1. The summed E-state index contributed by atoms with van der Waals surface area (Å²) in [6, 6.07) is 15.5. The minimum atomic E-state index is -0.110. The number of anilines is 1. The zero-order valence-electron chi connectivity index (χ0n) is 15.8. The number of hydrogen-bond donors (Lipinski definition) is 0. The van der Waals surface area contributed by atoms with Gasteiger partial charge in [-0.15, -0.1) is 0 Å². The summed E-state index contributed by atoms with van der Waals surface area (Å²) in [5.41, 5.74) is 6.36. The van der Waals surface area contributed by atoms with Crippen molar-refractivity contribution >= 4 is 22.6 Å². The van der Waals surface area contributed by atoms with Crippen LogP contribution in [0.3, 0.4) is 0 Å². The number of hydrogen-bond acceptors (Lipinski definition) is 3. The van der Waals surface area contributed by atoms with Gasteiger partial charge < -0.3 is 14.2 Å².